The lowest BCUT2D eigenvalue weighted by Gasteiger charge is -2.36. The van der Waals surface area contributed by atoms with Crippen LogP contribution >= 0.6 is 23.8 Å². The summed E-state index contributed by atoms with van der Waals surface area (Å²) in [6.45, 7) is 0.122. The summed E-state index contributed by atoms with van der Waals surface area (Å²) in [6.07, 6.45) is -10.6. The van der Waals surface area contributed by atoms with Crippen LogP contribution in [0.3, 0.4) is 0 Å². The Hall–Kier alpha value is -2.87. The van der Waals surface area contributed by atoms with E-state index in [0.29, 0.717) is 22.7 Å². The molecule has 2 atom stereocenters. The highest BCUT2D eigenvalue weighted by Crippen LogP contribution is 2.41. The van der Waals surface area contributed by atoms with Crippen LogP contribution in [0, 0.1) is 0 Å². The van der Waals surface area contributed by atoms with Gasteiger partial charge in [0.15, 0.2) is 0 Å². The Labute approximate surface area is 203 Å². The molecular formula is C20H14ClF6N5O2S. The SMILES string of the molecule is FC(F)(F)c1nc(N2CCc3c([nH]c4ccc(Cl)cc34)[C@@H]2C[C@H]2COC(=S)O2)nc(C(F)(F)F)n1. The Kier molecular flexibility index (Phi) is 5.70. The van der Waals surface area contributed by atoms with Gasteiger partial charge in [-0.05, 0) is 30.2 Å². The standard InChI is InChI=1S/C20H14ClF6N5O2S/c21-8-1-2-12-11(5-8)10-3-4-32(13(14(10)28-12)6-9-7-33-18(35)34-9)17-30-15(19(22,23)24)29-16(31-17)20(25,26)27/h1-2,5,9,13,28H,3-4,6-7H2/t9-,13-/m0/s1. The third-order valence-electron chi connectivity index (χ3n) is 5.74. The smallest absolute Gasteiger partial charge is 0.451 e. The molecule has 0 bridgehead atoms. The maximum atomic E-state index is 13.4. The summed E-state index contributed by atoms with van der Waals surface area (Å²) in [5, 5.41) is 1.21. The van der Waals surface area contributed by atoms with Crippen molar-refractivity contribution in [1.29, 1.82) is 0 Å². The van der Waals surface area contributed by atoms with Crippen molar-refractivity contribution in [1.82, 2.24) is 19.9 Å². The molecule has 2 aliphatic rings. The molecule has 4 heterocycles. The number of fused-ring (bicyclic) bond motifs is 3. The van der Waals surface area contributed by atoms with E-state index in [2.05, 4.69) is 19.9 Å². The minimum Gasteiger partial charge on any atom is -0.453 e. The number of halogens is 7. The minimum absolute atomic E-state index is 0.0355. The number of H-pyrrole nitrogens is 1. The number of thiocarbonyl (C=S) groups is 1. The fourth-order valence-corrected chi connectivity index (χ4v) is 4.68. The number of rotatable bonds is 3. The third kappa shape index (κ3) is 4.56. The number of benzene rings is 1. The summed E-state index contributed by atoms with van der Waals surface area (Å²) in [6, 6.07) is 4.38. The van der Waals surface area contributed by atoms with Crippen LogP contribution < -0.4 is 4.90 Å². The predicted octanol–water partition coefficient (Wildman–Crippen LogP) is 5.24. The summed E-state index contributed by atoms with van der Waals surface area (Å²) in [5.74, 6) is -4.60. The Bertz CT molecular complexity index is 1280. The van der Waals surface area contributed by atoms with E-state index < -0.39 is 42.1 Å². The minimum atomic E-state index is -5.21. The van der Waals surface area contributed by atoms with Crippen LogP contribution in [-0.4, -0.2) is 44.4 Å². The molecule has 1 N–H and O–H groups in total. The van der Waals surface area contributed by atoms with Crippen molar-refractivity contribution in [3.05, 3.63) is 46.1 Å². The molecule has 2 aliphatic heterocycles. The Morgan fingerprint density at radius 2 is 1.77 bits per heavy atom. The average molecular weight is 538 g/mol. The molecule has 0 radical (unpaired) electrons. The van der Waals surface area contributed by atoms with Crippen LogP contribution in [0.15, 0.2) is 18.2 Å². The van der Waals surface area contributed by atoms with Crippen molar-refractivity contribution in [3.63, 3.8) is 0 Å². The molecule has 1 saturated heterocycles. The van der Waals surface area contributed by atoms with Gasteiger partial charge in [0.2, 0.25) is 17.6 Å². The third-order valence-corrected chi connectivity index (χ3v) is 6.19. The zero-order valence-electron chi connectivity index (χ0n) is 17.4. The first-order chi connectivity index (χ1) is 16.4. The van der Waals surface area contributed by atoms with Gasteiger partial charge in [-0.15, -0.1) is 0 Å². The lowest BCUT2D eigenvalue weighted by atomic mass is 9.94. The van der Waals surface area contributed by atoms with E-state index >= 15 is 0 Å². The van der Waals surface area contributed by atoms with E-state index in [1.807, 2.05) is 0 Å². The maximum absolute atomic E-state index is 13.4. The molecule has 5 rings (SSSR count). The molecule has 15 heteroatoms. The van der Waals surface area contributed by atoms with Gasteiger partial charge in [0.1, 0.15) is 12.7 Å². The molecule has 7 nitrogen and oxygen atoms in total. The number of hydrogen-bond acceptors (Lipinski definition) is 7. The zero-order chi connectivity index (χ0) is 25.1. The first-order valence-electron chi connectivity index (χ1n) is 10.2. The van der Waals surface area contributed by atoms with E-state index in [4.69, 9.17) is 33.3 Å². The summed E-state index contributed by atoms with van der Waals surface area (Å²) in [7, 11) is 0. The van der Waals surface area contributed by atoms with Gasteiger partial charge in [0, 0.05) is 46.8 Å². The van der Waals surface area contributed by atoms with Crippen molar-refractivity contribution in [3.8, 4) is 0 Å². The summed E-state index contributed by atoms with van der Waals surface area (Å²) in [4.78, 5) is 13.9. The second-order valence-corrected chi connectivity index (χ2v) is 8.75. The van der Waals surface area contributed by atoms with Gasteiger partial charge in [-0.1, -0.05) is 11.6 Å². The Morgan fingerprint density at radius 3 is 2.37 bits per heavy atom. The number of aromatic nitrogens is 4. The van der Waals surface area contributed by atoms with Gasteiger partial charge >= 0.3 is 17.6 Å². The highest BCUT2D eigenvalue weighted by Gasteiger charge is 2.44. The lowest BCUT2D eigenvalue weighted by molar-refractivity contribution is -0.155. The quantitative estimate of drug-likeness (QED) is 0.362. The Morgan fingerprint density at radius 1 is 1.09 bits per heavy atom. The van der Waals surface area contributed by atoms with Crippen LogP contribution in [0.4, 0.5) is 32.3 Å². The van der Waals surface area contributed by atoms with Gasteiger partial charge in [0.05, 0.1) is 6.04 Å². The fraction of sp³-hybridized carbons (Fsp3) is 0.400. The molecule has 186 valence electrons. The molecule has 3 aromatic rings. The number of alkyl halides is 6. The van der Waals surface area contributed by atoms with Gasteiger partial charge in [-0.25, -0.2) is 4.98 Å². The zero-order valence-corrected chi connectivity index (χ0v) is 18.9. The summed E-state index contributed by atoms with van der Waals surface area (Å²) >= 11 is 11.0. The molecule has 0 unspecified atom stereocenters. The molecule has 2 aromatic heterocycles. The van der Waals surface area contributed by atoms with Crippen molar-refractivity contribution < 1.29 is 35.8 Å². The van der Waals surface area contributed by atoms with E-state index in [1.165, 1.54) is 4.90 Å². The first kappa shape index (κ1) is 23.9. The van der Waals surface area contributed by atoms with Crippen molar-refractivity contribution >= 4 is 45.9 Å². The normalized spacial score (nSPS) is 20.7. The largest absolute Gasteiger partial charge is 0.453 e. The van der Waals surface area contributed by atoms with Crippen molar-refractivity contribution in [2.45, 2.75) is 37.3 Å². The highest BCUT2D eigenvalue weighted by molar-refractivity contribution is 7.79. The highest BCUT2D eigenvalue weighted by atomic mass is 35.5. The fourth-order valence-electron chi connectivity index (χ4n) is 4.30. The first-order valence-corrected chi connectivity index (χ1v) is 11.0. The number of nitrogens with zero attached hydrogens (tertiary/aromatic N) is 4. The molecule has 0 amide bonds. The average Bonchev–Trinajstić information content (AvgIpc) is 3.35. The van der Waals surface area contributed by atoms with Crippen LogP contribution in [0.2, 0.25) is 5.02 Å². The van der Waals surface area contributed by atoms with Gasteiger partial charge < -0.3 is 19.4 Å². The predicted molar refractivity (Wildman–Crippen MR) is 115 cm³/mol. The molecule has 1 aromatic carbocycles. The van der Waals surface area contributed by atoms with Crippen molar-refractivity contribution in [2.75, 3.05) is 18.1 Å². The van der Waals surface area contributed by atoms with E-state index in [1.54, 1.807) is 18.2 Å². The molecular weight excluding hydrogens is 524 g/mol. The maximum Gasteiger partial charge on any atom is 0.451 e. The van der Waals surface area contributed by atoms with Gasteiger partial charge in [0.25, 0.3) is 0 Å². The number of ether oxygens (including phenoxy) is 2. The number of nitrogens with one attached hydrogen (secondary N) is 1. The summed E-state index contributed by atoms with van der Waals surface area (Å²) < 4.78 is 90.9. The van der Waals surface area contributed by atoms with E-state index in [-0.39, 0.29) is 24.8 Å². The van der Waals surface area contributed by atoms with Crippen LogP contribution in [0.5, 0.6) is 0 Å². The molecule has 0 aliphatic carbocycles. The number of aromatic amines is 1. The molecule has 35 heavy (non-hydrogen) atoms. The van der Waals surface area contributed by atoms with Gasteiger partial charge in [-0.3, -0.25) is 0 Å². The Balaban J connectivity index is 1.64. The topological polar surface area (TPSA) is 76.2 Å². The lowest BCUT2D eigenvalue weighted by Crippen LogP contribution is -2.39. The van der Waals surface area contributed by atoms with E-state index in [9.17, 15) is 26.3 Å². The second-order valence-electron chi connectivity index (χ2n) is 7.98. The number of anilines is 1. The number of hydrogen-bond donors (Lipinski definition) is 1. The van der Waals surface area contributed by atoms with Crippen LogP contribution in [-0.2, 0) is 28.2 Å². The molecule has 0 saturated carbocycles. The summed E-state index contributed by atoms with van der Waals surface area (Å²) in [5.41, 5.74) is 2.14. The second kappa shape index (κ2) is 8.36. The van der Waals surface area contributed by atoms with Crippen molar-refractivity contribution in [2.24, 2.45) is 0 Å². The molecule has 1 fully saturated rings. The monoisotopic (exact) mass is 537 g/mol. The van der Waals surface area contributed by atoms with Crippen LogP contribution in [0.1, 0.15) is 35.4 Å². The molecule has 0 spiro atoms. The van der Waals surface area contributed by atoms with E-state index in [0.717, 1.165) is 10.9 Å². The van der Waals surface area contributed by atoms with Gasteiger partial charge in [-0.2, -0.15) is 36.3 Å². The van der Waals surface area contributed by atoms with Crippen LogP contribution in [0.25, 0.3) is 10.9 Å².